The number of benzene rings is 6. The van der Waals surface area contributed by atoms with Crippen LogP contribution in [-0.2, 0) is 12.4 Å². The summed E-state index contributed by atoms with van der Waals surface area (Å²) in [6, 6.07) is 28.0. The van der Waals surface area contributed by atoms with Gasteiger partial charge in [-0.1, -0.05) is 118 Å². The predicted molar refractivity (Wildman–Crippen MR) is 242 cm³/mol. The van der Waals surface area contributed by atoms with Crippen LogP contribution in [0, 0.1) is 0 Å². The van der Waals surface area contributed by atoms with Gasteiger partial charge in [-0.05, 0) is 83.9 Å². The minimum absolute atomic E-state index is 0.00456. The van der Waals surface area contributed by atoms with Gasteiger partial charge in [0.2, 0.25) is 0 Å². The van der Waals surface area contributed by atoms with Crippen LogP contribution in [0.1, 0.15) is 27.0 Å². The number of amidine groups is 2. The number of rotatable bonds is 8. The second kappa shape index (κ2) is 17.6. The van der Waals surface area contributed by atoms with Crippen LogP contribution in [0.3, 0.4) is 0 Å². The molecular weight excluding hydrogens is 936 g/mol. The number of thioether (sulfide) groups is 2. The van der Waals surface area contributed by atoms with Crippen molar-refractivity contribution in [2.45, 2.75) is 12.4 Å². The van der Waals surface area contributed by atoms with Gasteiger partial charge >= 0.3 is 12.4 Å². The lowest BCUT2D eigenvalue weighted by Gasteiger charge is -2.21. The fourth-order valence-electron chi connectivity index (χ4n) is 6.73. The molecule has 0 saturated carbocycles. The van der Waals surface area contributed by atoms with Crippen molar-refractivity contribution in [2.24, 2.45) is 10.2 Å². The molecule has 316 valence electrons. The van der Waals surface area contributed by atoms with Crippen molar-refractivity contribution >= 4 is 109 Å². The molecule has 7 nitrogen and oxygen atoms in total. The largest absolute Gasteiger partial charge is 0.417 e. The molecule has 0 fully saturated rings. The zero-order valence-corrected chi connectivity index (χ0v) is 35.9. The number of hydrogen-bond donors (Lipinski definition) is 2. The molecule has 2 aliphatic heterocycles. The van der Waals surface area contributed by atoms with Gasteiger partial charge in [-0.15, -0.1) is 10.2 Å². The van der Waals surface area contributed by atoms with Crippen molar-refractivity contribution < 1.29 is 31.1 Å². The summed E-state index contributed by atoms with van der Waals surface area (Å²) >= 11 is 27.0. The van der Waals surface area contributed by atoms with Crippen LogP contribution in [0.2, 0.25) is 20.1 Å². The zero-order valence-electron chi connectivity index (χ0n) is 31.3. The van der Waals surface area contributed by atoms with Crippen molar-refractivity contribution in [1.82, 2.24) is 0 Å². The Morgan fingerprint density at radius 2 is 0.935 bits per heavy atom. The normalized spacial score (nSPS) is 14.2. The van der Waals surface area contributed by atoms with E-state index in [0.29, 0.717) is 53.2 Å². The number of hydrazone groups is 2. The number of hydrogen-bond acceptors (Lipinski definition) is 9. The Balaban J connectivity index is 1.17. The Bertz CT molecular complexity index is 2620. The van der Waals surface area contributed by atoms with Crippen LogP contribution in [0.15, 0.2) is 132 Å². The number of anilines is 4. The minimum atomic E-state index is -4.95. The summed E-state index contributed by atoms with van der Waals surface area (Å²) in [6.45, 7) is 0. The first-order chi connectivity index (χ1) is 29.5. The van der Waals surface area contributed by atoms with E-state index in [-0.39, 0.29) is 22.9 Å². The Kier molecular flexibility index (Phi) is 12.4. The molecule has 6 aromatic carbocycles. The standard InChI is InChI=1S/C43H26Cl4F6N6OS2/c44-33-15-13-25(19-35(33)46)54-40-56-58(21-61-40)27-7-1-5-23(17-27)37-29(9-3-11-31(37)42(48,49)50)39(60)30-10-4-12-32(43(51,52)53)38(30)24-6-2-8-28(18-24)59-22-62-41(57-59)55-26-14-16-34(45)36(47)20-26/h1-20H,21-22H2,(H,54,56)(H,55,57). The maximum atomic E-state index is 14.9. The van der Waals surface area contributed by atoms with Gasteiger partial charge < -0.3 is 10.6 Å². The lowest BCUT2D eigenvalue weighted by Crippen LogP contribution is -2.16. The van der Waals surface area contributed by atoms with Crippen molar-refractivity contribution in [2.75, 3.05) is 32.4 Å². The van der Waals surface area contributed by atoms with E-state index in [9.17, 15) is 31.1 Å². The van der Waals surface area contributed by atoms with Crippen molar-refractivity contribution in [1.29, 1.82) is 0 Å². The van der Waals surface area contributed by atoms with E-state index in [1.165, 1.54) is 72.1 Å². The molecule has 2 N–H and O–H groups in total. The second-order valence-electron chi connectivity index (χ2n) is 13.5. The smallest absolute Gasteiger partial charge is 0.333 e. The van der Waals surface area contributed by atoms with Gasteiger partial charge in [0.15, 0.2) is 16.1 Å². The molecule has 0 radical (unpaired) electrons. The first kappa shape index (κ1) is 43.6. The summed E-state index contributed by atoms with van der Waals surface area (Å²) in [7, 11) is 0. The van der Waals surface area contributed by atoms with E-state index < -0.39 is 51.5 Å². The minimum Gasteiger partial charge on any atom is -0.333 e. The molecule has 2 aliphatic rings. The molecule has 0 atom stereocenters. The molecule has 0 amide bonds. The fourth-order valence-corrected chi connectivity index (χ4v) is 8.92. The Morgan fingerprint density at radius 3 is 1.32 bits per heavy atom. The molecule has 6 aromatic rings. The average molecular weight is 963 g/mol. The van der Waals surface area contributed by atoms with E-state index in [1.807, 2.05) is 0 Å². The second-order valence-corrected chi connectivity index (χ2v) is 17.0. The molecular formula is C43H26Cl4F6N6OS2. The number of ketones is 1. The van der Waals surface area contributed by atoms with Crippen LogP contribution in [-0.4, -0.2) is 27.9 Å². The molecule has 0 spiro atoms. The maximum absolute atomic E-state index is 14.9. The first-order valence-corrected chi connectivity index (χ1v) is 21.6. The highest BCUT2D eigenvalue weighted by atomic mass is 35.5. The molecule has 0 aliphatic carbocycles. The van der Waals surface area contributed by atoms with Crippen LogP contribution in [0.5, 0.6) is 0 Å². The van der Waals surface area contributed by atoms with Gasteiger partial charge in [0, 0.05) is 33.6 Å². The third-order valence-electron chi connectivity index (χ3n) is 9.51. The third-order valence-corrected chi connectivity index (χ3v) is 12.6. The number of carbonyl (C=O) groups is 1. The van der Waals surface area contributed by atoms with E-state index in [2.05, 4.69) is 20.8 Å². The monoisotopic (exact) mass is 960 g/mol. The molecule has 19 heteroatoms. The first-order valence-electron chi connectivity index (χ1n) is 18.1. The van der Waals surface area contributed by atoms with Gasteiger partial charge in [-0.25, -0.2) is 0 Å². The number of carbonyl (C=O) groups excluding carboxylic acids is 1. The van der Waals surface area contributed by atoms with Gasteiger partial charge in [0.05, 0.1) is 54.3 Å². The average Bonchev–Trinajstić information content (AvgIpc) is 3.92. The summed E-state index contributed by atoms with van der Waals surface area (Å²) in [5.74, 6) is -0.486. The van der Waals surface area contributed by atoms with Crippen molar-refractivity contribution in [3.63, 3.8) is 0 Å². The number of nitrogens with one attached hydrogen (secondary N) is 2. The van der Waals surface area contributed by atoms with Crippen molar-refractivity contribution in [3.05, 3.63) is 164 Å². The Labute approximate surface area is 378 Å². The molecule has 0 aromatic heterocycles. The summed E-state index contributed by atoms with van der Waals surface area (Å²) in [4.78, 5) is 14.7. The van der Waals surface area contributed by atoms with Gasteiger partial charge in [0.1, 0.15) is 0 Å². The molecule has 0 bridgehead atoms. The Hall–Kier alpha value is -5.03. The van der Waals surface area contributed by atoms with E-state index in [4.69, 9.17) is 46.4 Å². The topological polar surface area (TPSA) is 72.3 Å². The van der Waals surface area contributed by atoms with Crippen LogP contribution >= 0.6 is 69.9 Å². The highest BCUT2D eigenvalue weighted by Gasteiger charge is 2.39. The lowest BCUT2D eigenvalue weighted by molar-refractivity contribution is -0.137. The number of halogens is 10. The van der Waals surface area contributed by atoms with Crippen LogP contribution < -0.4 is 20.7 Å². The van der Waals surface area contributed by atoms with Crippen LogP contribution in [0.4, 0.5) is 49.1 Å². The van der Waals surface area contributed by atoms with E-state index in [1.54, 1.807) is 58.5 Å². The predicted octanol–water partition coefficient (Wildman–Crippen LogP) is 14.7. The Morgan fingerprint density at radius 1 is 0.532 bits per heavy atom. The molecule has 0 unspecified atom stereocenters. The summed E-state index contributed by atoms with van der Waals surface area (Å²) < 4.78 is 89.3. The van der Waals surface area contributed by atoms with Crippen molar-refractivity contribution in [3.8, 4) is 22.3 Å². The summed E-state index contributed by atoms with van der Waals surface area (Å²) in [6.07, 6.45) is -9.90. The van der Waals surface area contributed by atoms with Crippen LogP contribution in [0.25, 0.3) is 22.3 Å². The van der Waals surface area contributed by atoms with Gasteiger partial charge in [-0.3, -0.25) is 14.8 Å². The zero-order chi connectivity index (χ0) is 43.9. The quantitative estimate of drug-likeness (QED) is 0.116. The molecule has 8 rings (SSSR count). The SMILES string of the molecule is O=C(c1cccc(C(F)(F)F)c1-c1cccc(N2CSC(Nc3ccc(Cl)c(Cl)c3)=N2)c1)c1cccc(C(F)(F)F)c1-c1cccc(N2CSC(Nc3ccc(Cl)c(Cl)c3)=N2)c1. The number of alkyl halides is 6. The van der Waals surface area contributed by atoms with E-state index in [0.717, 1.165) is 24.3 Å². The molecule has 62 heavy (non-hydrogen) atoms. The summed E-state index contributed by atoms with van der Waals surface area (Å²) in [5.41, 5.74) is -2.20. The highest BCUT2D eigenvalue weighted by Crippen LogP contribution is 2.45. The number of nitrogens with zero attached hydrogens (tertiary/aromatic N) is 4. The maximum Gasteiger partial charge on any atom is 0.417 e. The lowest BCUT2D eigenvalue weighted by atomic mass is 9.85. The molecule has 0 saturated heterocycles. The van der Waals surface area contributed by atoms with E-state index >= 15 is 0 Å². The highest BCUT2D eigenvalue weighted by molar-refractivity contribution is 8.14. The third kappa shape index (κ3) is 9.33. The molecule has 2 heterocycles. The fraction of sp³-hybridized carbons (Fsp3) is 0.0930. The van der Waals surface area contributed by atoms with Gasteiger partial charge in [-0.2, -0.15) is 26.3 Å². The summed E-state index contributed by atoms with van der Waals surface area (Å²) in [5, 5.41) is 20.8. The van der Waals surface area contributed by atoms with Gasteiger partial charge in [0.25, 0.3) is 0 Å².